The molecule has 4 aromatic carbocycles. The molecule has 0 aliphatic carbocycles. The number of nitrogens with two attached hydrogens (primary N) is 1. The van der Waals surface area contributed by atoms with Crippen molar-refractivity contribution < 1.29 is 42.0 Å². The van der Waals surface area contributed by atoms with E-state index in [0.717, 1.165) is 18.2 Å². The Morgan fingerprint density at radius 1 is 0.927 bits per heavy atom. The summed E-state index contributed by atoms with van der Waals surface area (Å²) in [5.74, 6) is -3.28. The van der Waals surface area contributed by atoms with Gasteiger partial charge < -0.3 is 20.3 Å². The molecule has 0 aliphatic heterocycles. The van der Waals surface area contributed by atoms with Crippen molar-refractivity contribution in [2.45, 2.75) is 12.7 Å². The zero-order valence-corrected chi connectivity index (χ0v) is 21.6. The Balaban J connectivity index is 1.86. The van der Waals surface area contributed by atoms with E-state index in [2.05, 4.69) is 0 Å². The van der Waals surface area contributed by atoms with Crippen molar-refractivity contribution in [1.29, 1.82) is 0 Å². The van der Waals surface area contributed by atoms with Gasteiger partial charge in [-0.1, -0.05) is 35.9 Å². The summed E-state index contributed by atoms with van der Waals surface area (Å²) in [5, 5.41) is 9.88. The molecule has 0 aliphatic rings. The lowest BCUT2D eigenvalue weighted by molar-refractivity contribution is -0.212. The fourth-order valence-corrected chi connectivity index (χ4v) is 4.89. The molecular weight excluding hydrogens is 568 g/mol. The van der Waals surface area contributed by atoms with Crippen molar-refractivity contribution in [3.8, 4) is 16.9 Å². The molecule has 5 rings (SSSR count). The third kappa shape index (κ3) is 5.41. The molecule has 0 unspecified atom stereocenters. The molecule has 5 aromatic rings. The van der Waals surface area contributed by atoms with E-state index in [1.807, 2.05) is 0 Å². The van der Waals surface area contributed by atoms with Crippen molar-refractivity contribution in [2.24, 2.45) is 5.73 Å². The lowest BCUT2D eigenvalue weighted by Crippen LogP contribution is -2.14. The van der Waals surface area contributed by atoms with E-state index in [1.165, 1.54) is 22.8 Å². The predicted molar refractivity (Wildman–Crippen MR) is 143 cm³/mol. The highest BCUT2D eigenvalue weighted by molar-refractivity contribution is 6.30. The Kier molecular flexibility index (Phi) is 7.33. The Bertz CT molecular complexity index is 1820. The van der Waals surface area contributed by atoms with Gasteiger partial charge in [-0.2, -0.15) is 18.1 Å². The van der Waals surface area contributed by atoms with Crippen LogP contribution >= 0.6 is 11.6 Å². The first kappa shape index (κ1) is 27.9. The van der Waals surface area contributed by atoms with Crippen LogP contribution in [-0.4, -0.2) is 28.2 Å². The molecule has 12 heteroatoms. The number of aromatic nitrogens is 1. The van der Waals surface area contributed by atoms with Crippen LogP contribution in [0.25, 0.3) is 32.9 Å². The van der Waals surface area contributed by atoms with Crippen LogP contribution in [0.4, 0.5) is 17.6 Å². The largest absolute Gasteiger partial charge is 0.479 e. The SMILES string of the molecule is NC(=O)c1cccc2c1c1c(OOCC(=O)O)cc(-c3ccc(Cl)cc3)cc1n2Cc1c(F)cccc1C(F)(F)F. The predicted octanol–water partition coefficient (Wildman–Crippen LogP) is 6.82. The van der Waals surface area contributed by atoms with E-state index in [4.69, 9.17) is 32.2 Å². The normalized spacial score (nSPS) is 11.7. The fraction of sp³-hybridized carbons (Fsp3) is 0.103. The molecule has 1 amide bonds. The number of primary amides is 1. The number of fused-ring (bicyclic) bond motifs is 3. The lowest BCUT2D eigenvalue weighted by atomic mass is 10.0. The maximum Gasteiger partial charge on any atom is 0.416 e. The maximum absolute atomic E-state index is 15.0. The van der Waals surface area contributed by atoms with E-state index < -0.39 is 48.1 Å². The summed E-state index contributed by atoms with van der Waals surface area (Å²) in [7, 11) is 0. The molecule has 0 radical (unpaired) electrons. The number of carbonyl (C=O) groups excluding carboxylic acids is 1. The van der Waals surface area contributed by atoms with Gasteiger partial charge in [-0.15, -0.1) is 0 Å². The molecule has 0 atom stereocenters. The van der Waals surface area contributed by atoms with Gasteiger partial charge in [-0.3, -0.25) is 4.79 Å². The van der Waals surface area contributed by atoms with Gasteiger partial charge in [0.05, 0.1) is 28.5 Å². The smallest absolute Gasteiger partial charge is 0.416 e. The Morgan fingerprint density at radius 2 is 1.63 bits per heavy atom. The molecule has 0 bridgehead atoms. The van der Waals surface area contributed by atoms with Crippen LogP contribution in [0.1, 0.15) is 21.5 Å². The number of hydrogen-bond donors (Lipinski definition) is 2. The van der Waals surface area contributed by atoms with Crippen LogP contribution in [0.2, 0.25) is 5.02 Å². The number of rotatable bonds is 8. The second-order valence-electron chi connectivity index (χ2n) is 9.03. The molecule has 0 saturated heterocycles. The number of alkyl halides is 3. The van der Waals surface area contributed by atoms with Crippen LogP contribution < -0.4 is 10.6 Å². The highest BCUT2D eigenvalue weighted by Crippen LogP contribution is 2.42. The Labute approximate surface area is 234 Å². The summed E-state index contributed by atoms with van der Waals surface area (Å²) in [6, 6.07) is 16.9. The minimum atomic E-state index is -4.85. The van der Waals surface area contributed by atoms with Gasteiger partial charge in [0.15, 0.2) is 12.4 Å². The van der Waals surface area contributed by atoms with Gasteiger partial charge in [-0.25, -0.2) is 9.18 Å². The fourth-order valence-electron chi connectivity index (χ4n) is 4.76. The van der Waals surface area contributed by atoms with Gasteiger partial charge in [0.25, 0.3) is 0 Å². The number of aliphatic carboxylic acids is 1. The number of amides is 1. The van der Waals surface area contributed by atoms with Crippen LogP contribution in [-0.2, 0) is 22.4 Å². The molecule has 210 valence electrons. The van der Waals surface area contributed by atoms with Gasteiger partial charge >= 0.3 is 12.1 Å². The van der Waals surface area contributed by atoms with E-state index in [0.29, 0.717) is 16.1 Å². The molecule has 0 saturated carbocycles. The zero-order chi connectivity index (χ0) is 29.5. The molecular formula is C29H19ClF4N2O5. The number of benzene rings is 4. The summed E-state index contributed by atoms with van der Waals surface area (Å²) in [6.07, 6.45) is -4.85. The van der Waals surface area contributed by atoms with Crippen LogP contribution in [0.5, 0.6) is 5.75 Å². The van der Waals surface area contributed by atoms with E-state index in [1.54, 1.807) is 36.4 Å². The number of halogens is 5. The van der Waals surface area contributed by atoms with E-state index >= 15 is 0 Å². The van der Waals surface area contributed by atoms with Gasteiger partial charge in [0, 0.05) is 21.5 Å². The summed E-state index contributed by atoms with van der Waals surface area (Å²) in [5.41, 5.74) is 5.47. The number of nitrogens with zero attached hydrogens (tertiary/aromatic N) is 1. The average molecular weight is 587 g/mol. The van der Waals surface area contributed by atoms with Crippen LogP contribution in [0.15, 0.2) is 72.8 Å². The highest BCUT2D eigenvalue weighted by atomic mass is 35.5. The monoisotopic (exact) mass is 586 g/mol. The molecule has 41 heavy (non-hydrogen) atoms. The first-order valence-electron chi connectivity index (χ1n) is 12.0. The zero-order valence-electron chi connectivity index (χ0n) is 20.8. The minimum absolute atomic E-state index is 0.0122. The van der Waals surface area contributed by atoms with Crippen molar-refractivity contribution in [3.63, 3.8) is 0 Å². The highest BCUT2D eigenvalue weighted by Gasteiger charge is 2.35. The molecule has 7 nitrogen and oxygen atoms in total. The summed E-state index contributed by atoms with van der Waals surface area (Å²) in [6.45, 7) is -1.42. The first-order valence-corrected chi connectivity index (χ1v) is 12.3. The summed E-state index contributed by atoms with van der Waals surface area (Å²) < 4.78 is 58.1. The standard InChI is InChI=1S/C29H19ClF4N2O5/c30-17-9-7-15(8-10-17)16-11-23-27(24(12-16)41-40-14-25(37)38)26-18(28(35)39)3-1-6-22(26)36(23)13-19-20(29(32,33)34)4-2-5-21(19)31/h1-12H,13-14H2,(H2,35,39)(H,37,38). The van der Waals surface area contributed by atoms with E-state index in [-0.39, 0.29) is 33.1 Å². The third-order valence-electron chi connectivity index (χ3n) is 6.47. The molecule has 0 spiro atoms. The van der Waals surface area contributed by atoms with Gasteiger partial charge in [-0.05, 0) is 59.7 Å². The average Bonchev–Trinajstić information content (AvgIpc) is 3.22. The second kappa shape index (κ2) is 10.8. The second-order valence-corrected chi connectivity index (χ2v) is 9.46. The minimum Gasteiger partial charge on any atom is -0.479 e. The third-order valence-corrected chi connectivity index (χ3v) is 6.72. The van der Waals surface area contributed by atoms with Gasteiger partial charge in [0.1, 0.15) is 5.82 Å². The maximum atomic E-state index is 15.0. The Morgan fingerprint density at radius 3 is 2.29 bits per heavy atom. The van der Waals surface area contributed by atoms with Crippen molar-refractivity contribution in [2.75, 3.05) is 6.61 Å². The number of hydrogen-bond acceptors (Lipinski definition) is 4. The summed E-state index contributed by atoms with van der Waals surface area (Å²) >= 11 is 6.03. The molecule has 0 fully saturated rings. The summed E-state index contributed by atoms with van der Waals surface area (Å²) in [4.78, 5) is 33.8. The van der Waals surface area contributed by atoms with Crippen molar-refractivity contribution in [1.82, 2.24) is 4.57 Å². The van der Waals surface area contributed by atoms with E-state index in [9.17, 15) is 27.2 Å². The first-order chi connectivity index (χ1) is 19.5. The van der Waals surface area contributed by atoms with Crippen molar-refractivity contribution >= 4 is 45.3 Å². The number of carbonyl (C=O) groups is 2. The lowest BCUT2D eigenvalue weighted by Gasteiger charge is -2.16. The molecule has 1 aromatic heterocycles. The van der Waals surface area contributed by atoms with Gasteiger partial charge in [0.2, 0.25) is 5.91 Å². The molecule has 1 heterocycles. The number of carboxylic acids is 1. The number of carboxylic acid groups (broad SMARTS) is 1. The van der Waals surface area contributed by atoms with Crippen molar-refractivity contribution in [3.05, 3.63) is 100 Å². The van der Waals surface area contributed by atoms with Crippen LogP contribution in [0, 0.1) is 5.82 Å². The van der Waals surface area contributed by atoms with Crippen LogP contribution in [0.3, 0.4) is 0 Å². The molecule has 3 N–H and O–H groups in total. The Hall–Kier alpha value is -4.61. The quantitative estimate of drug-likeness (QED) is 0.118. The topological polar surface area (TPSA) is 104 Å².